The van der Waals surface area contributed by atoms with E-state index in [1.807, 2.05) is 24.3 Å². The molecule has 0 bridgehead atoms. The Morgan fingerprint density at radius 3 is 2.63 bits per heavy atom. The largest absolute Gasteiger partial charge is 0.449 e. The molecule has 9 heteroatoms. The second kappa shape index (κ2) is 9.55. The molecule has 0 unspecified atom stereocenters. The monoisotopic (exact) mass is 462 g/mol. The minimum Gasteiger partial charge on any atom is -0.449 e. The summed E-state index contributed by atoms with van der Waals surface area (Å²) in [7, 11) is 0. The molecule has 0 saturated carbocycles. The van der Waals surface area contributed by atoms with Crippen molar-refractivity contribution in [1.82, 2.24) is 20.2 Å². The number of halogens is 2. The van der Waals surface area contributed by atoms with Crippen molar-refractivity contribution in [3.05, 3.63) is 63.6 Å². The van der Waals surface area contributed by atoms with E-state index in [0.29, 0.717) is 21.5 Å². The molecule has 0 aliphatic rings. The number of carbonyl (C=O) groups excluding carboxylic acids is 1. The summed E-state index contributed by atoms with van der Waals surface area (Å²) in [6, 6.07) is 14.1. The Labute approximate surface area is 173 Å². The first kappa shape index (κ1) is 19.4. The summed E-state index contributed by atoms with van der Waals surface area (Å²) in [5, 5.41) is 12.9. The van der Waals surface area contributed by atoms with Gasteiger partial charge in [0.25, 0.3) is 0 Å². The van der Waals surface area contributed by atoms with Crippen LogP contribution in [0.25, 0.3) is 5.69 Å². The number of carbonyl (C=O) groups is 1. The van der Waals surface area contributed by atoms with E-state index in [9.17, 15) is 4.79 Å². The first-order valence-electron chi connectivity index (χ1n) is 7.69. The van der Waals surface area contributed by atoms with Crippen molar-refractivity contribution in [2.75, 3.05) is 12.4 Å². The second-order valence-electron chi connectivity index (χ2n) is 5.07. The van der Waals surface area contributed by atoms with Gasteiger partial charge in [0.2, 0.25) is 5.16 Å². The Balaban J connectivity index is 1.49. The van der Waals surface area contributed by atoms with E-state index in [0.717, 1.165) is 10.2 Å². The summed E-state index contributed by atoms with van der Waals surface area (Å²) in [5.41, 5.74) is 1.29. The van der Waals surface area contributed by atoms with Gasteiger partial charge in [-0.15, -0.1) is 5.10 Å². The smallest absolute Gasteiger partial charge is 0.339 e. The van der Waals surface area contributed by atoms with Crippen LogP contribution in [0, 0.1) is 11.8 Å². The van der Waals surface area contributed by atoms with Gasteiger partial charge in [0, 0.05) is 9.50 Å². The summed E-state index contributed by atoms with van der Waals surface area (Å²) in [4.78, 5) is 11.8. The number of ether oxygens (including phenoxy) is 1. The van der Waals surface area contributed by atoms with Crippen LogP contribution < -0.4 is 0 Å². The normalized spacial score (nSPS) is 10.1. The lowest BCUT2D eigenvalue weighted by Crippen LogP contribution is -2.05. The summed E-state index contributed by atoms with van der Waals surface area (Å²) in [5.74, 6) is 5.76. The maximum Gasteiger partial charge on any atom is 0.339 e. The third kappa shape index (κ3) is 5.57. The molecule has 6 nitrogen and oxygen atoms in total. The Morgan fingerprint density at radius 1 is 1.15 bits per heavy atom. The highest BCUT2D eigenvalue weighted by atomic mass is 79.9. The number of rotatable bonds is 5. The van der Waals surface area contributed by atoms with Gasteiger partial charge in [0.15, 0.2) is 6.61 Å². The molecule has 0 fully saturated rings. The van der Waals surface area contributed by atoms with Crippen molar-refractivity contribution in [3.8, 4) is 17.5 Å². The van der Waals surface area contributed by atoms with E-state index in [4.69, 9.17) is 16.3 Å². The highest BCUT2D eigenvalue weighted by Gasteiger charge is 2.08. The molecule has 2 aromatic carbocycles. The number of nitrogens with zero attached hydrogens (tertiary/aromatic N) is 4. The number of hydrogen-bond acceptors (Lipinski definition) is 6. The molecule has 0 radical (unpaired) electrons. The lowest BCUT2D eigenvalue weighted by Gasteiger charge is -2.02. The molecular formula is C18H12BrClN4O2S. The molecule has 136 valence electrons. The van der Waals surface area contributed by atoms with Crippen LogP contribution in [0.5, 0.6) is 0 Å². The Morgan fingerprint density at radius 2 is 1.89 bits per heavy atom. The van der Waals surface area contributed by atoms with Crippen LogP contribution in [-0.2, 0) is 4.74 Å². The highest BCUT2D eigenvalue weighted by molar-refractivity contribution is 9.10. The van der Waals surface area contributed by atoms with Gasteiger partial charge in [0.1, 0.15) is 0 Å². The summed E-state index contributed by atoms with van der Waals surface area (Å²) >= 11 is 10.6. The van der Waals surface area contributed by atoms with Crippen LogP contribution in [0.1, 0.15) is 10.4 Å². The number of tetrazole rings is 1. The molecule has 0 amide bonds. The molecule has 0 aliphatic carbocycles. The fourth-order valence-electron chi connectivity index (χ4n) is 1.99. The highest BCUT2D eigenvalue weighted by Crippen LogP contribution is 2.19. The van der Waals surface area contributed by atoms with Crippen LogP contribution in [0.4, 0.5) is 0 Å². The zero-order valence-corrected chi connectivity index (χ0v) is 17.0. The van der Waals surface area contributed by atoms with E-state index in [2.05, 4.69) is 43.3 Å². The minimum absolute atomic E-state index is 0.0136. The molecule has 0 aliphatic heterocycles. The van der Waals surface area contributed by atoms with Gasteiger partial charge in [-0.3, -0.25) is 0 Å². The molecule has 1 aromatic heterocycles. The lowest BCUT2D eigenvalue weighted by atomic mass is 10.2. The van der Waals surface area contributed by atoms with Crippen LogP contribution >= 0.6 is 39.3 Å². The number of aromatic nitrogens is 4. The average Bonchev–Trinajstić information content (AvgIpc) is 3.14. The molecule has 0 N–H and O–H groups in total. The molecule has 0 saturated heterocycles. The van der Waals surface area contributed by atoms with Gasteiger partial charge in [-0.05, 0) is 59.0 Å². The van der Waals surface area contributed by atoms with Crippen molar-refractivity contribution in [1.29, 1.82) is 0 Å². The standard InChI is InChI=1S/C18H12BrClN4O2S/c19-14-5-9-16(10-6-14)24-18(21-22-23-24)27-12-2-1-11-26-17(25)13-3-7-15(20)8-4-13/h3-10H,11-12H2. The first-order chi connectivity index (χ1) is 13.1. The van der Waals surface area contributed by atoms with E-state index in [-0.39, 0.29) is 6.61 Å². The quantitative estimate of drug-likeness (QED) is 0.323. The lowest BCUT2D eigenvalue weighted by molar-refractivity contribution is 0.0556. The van der Waals surface area contributed by atoms with Crippen molar-refractivity contribution in [3.63, 3.8) is 0 Å². The van der Waals surface area contributed by atoms with Gasteiger partial charge < -0.3 is 4.74 Å². The zero-order valence-electron chi connectivity index (χ0n) is 13.8. The zero-order chi connectivity index (χ0) is 19.1. The van der Waals surface area contributed by atoms with Gasteiger partial charge in [-0.2, -0.15) is 4.68 Å². The molecule has 0 atom stereocenters. The van der Waals surface area contributed by atoms with E-state index >= 15 is 0 Å². The Bertz CT molecular complexity index is 981. The number of hydrogen-bond donors (Lipinski definition) is 0. The van der Waals surface area contributed by atoms with Gasteiger partial charge in [0.05, 0.1) is 17.0 Å². The topological polar surface area (TPSA) is 69.9 Å². The second-order valence-corrected chi connectivity index (χ2v) is 7.37. The number of benzene rings is 2. The van der Waals surface area contributed by atoms with Crippen LogP contribution in [0.2, 0.25) is 5.02 Å². The van der Waals surface area contributed by atoms with Gasteiger partial charge in [-0.1, -0.05) is 51.1 Å². The molecule has 3 rings (SSSR count). The fraction of sp³-hybridized carbons (Fsp3) is 0.111. The van der Waals surface area contributed by atoms with E-state index < -0.39 is 5.97 Å². The third-order valence-corrected chi connectivity index (χ3v) is 4.85. The van der Waals surface area contributed by atoms with Gasteiger partial charge >= 0.3 is 5.97 Å². The Kier molecular flexibility index (Phi) is 6.87. The van der Waals surface area contributed by atoms with Crippen molar-refractivity contribution < 1.29 is 9.53 Å². The number of esters is 1. The number of thioether (sulfide) groups is 1. The maximum atomic E-state index is 11.8. The van der Waals surface area contributed by atoms with Crippen molar-refractivity contribution in [2.45, 2.75) is 5.16 Å². The van der Waals surface area contributed by atoms with Crippen LogP contribution in [0.3, 0.4) is 0 Å². The molecule has 0 spiro atoms. The van der Waals surface area contributed by atoms with Gasteiger partial charge in [-0.25, -0.2) is 4.79 Å². The predicted octanol–water partition coefficient (Wildman–Crippen LogP) is 4.03. The Hall–Kier alpha value is -2.34. The first-order valence-corrected chi connectivity index (χ1v) is 9.84. The third-order valence-electron chi connectivity index (χ3n) is 3.27. The molecule has 3 aromatic rings. The van der Waals surface area contributed by atoms with Crippen molar-refractivity contribution >= 4 is 45.3 Å². The predicted molar refractivity (Wildman–Crippen MR) is 107 cm³/mol. The van der Waals surface area contributed by atoms with E-state index in [1.54, 1.807) is 28.9 Å². The summed E-state index contributed by atoms with van der Waals surface area (Å²) < 4.78 is 7.71. The van der Waals surface area contributed by atoms with Crippen LogP contribution in [-0.4, -0.2) is 38.5 Å². The molecule has 27 heavy (non-hydrogen) atoms. The summed E-state index contributed by atoms with van der Waals surface area (Å²) in [6.07, 6.45) is 0. The van der Waals surface area contributed by atoms with E-state index in [1.165, 1.54) is 11.8 Å². The molecule has 1 heterocycles. The maximum absolute atomic E-state index is 11.8. The average molecular weight is 464 g/mol. The SMILES string of the molecule is O=C(OCC#CCSc1nnnn1-c1ccc(Br)cc1)c1ccc(Cl)cc1. The van der Waals surface area contributed by atoms with Crippen LogP contribution in [0.15, 0.2) is 58.2 Å². The molecular weight excluding hydrogens is 452 g/mol. The van der Waals surface area contributed by atoms with Crippen molar-refractivity contribution in [2.24, 2.45) is 0 Å². The fourth-order valence-corrected chi connectivity index (χ4v) is 3.04. The minimum atomic E-state index is -0.437. The summed E-state index contributed by atoms with van der Waals surface area (Å²) in [6.45, 7) is 0.0136.